The lowest BCUT2D eigenvalue weighted by molar-refractivity contribution is -0.386. The third-order valence-electron chi connectivity index (χ3n) is 2.80. The summed E-state index contributed by atoms with van der Waals surface area (Å²) in [5.41, 5.74) is 6.36. The minimum absolute atomic E-state index is 0.0818. The van der Waals surface area contributed by atoms with Gasteiger partial charge in [0.2, 0.25) is 0 Å². The lowest BCUT2D eigenvalue weighted by Crippen LogP contribution is -2.03. The van der Waals surface area contributed by atoms with E-state index in [1.807, 2.05) is 0 Å². The normalized spacial score (nSPS) is 10.3. The molecule has 0 saturated heterocycles. The molecule has 5 nitrogen and oxygen atoms in total. The zero-order chi connectivity index (χ0) is 14.5. The van der Waals surface area contributed by atoms with Gasteiger partial charge in [0.25, 0.3) is 0 Å². The first-order chi connectivity index (χ1) is 9.61. The highest BCUT2D eigenvalue weighted by molar-refractivity contribution is 5.48. The summed E-state index contributed by atoms with van der Waals surface area (Å²) >= 11 is 0. The summed E-state index contributed by atoms with van der Waals surface area (Å²) in [5.74, 6) is -0.327. The Bertz CT molecular complexity index is 632. The molecule has 0 amide bonds. The molecule has 2 aromatic rings. The van der Waals surface area contributed by atoms with Crippen LogP contribution in [0, 0.1) is 15.9 Å². The number of nitrogens with two attached hydrogens (primary N) is 1. The van der Waals surface area contributed by atoms with Crippen molar-refractivity contribution in [2.75, 3.05) is 0 Å². The van der Waals surface area contributed by atoms with E-state index in [2.05, 4.69) is 0 Å². The van der Waals surface area contributed by atoms with Gasteiger partial charge in [0, 0.05) is 18.2 Å². The fourth-order valence-corrected chi connectivity index (χ4v) is 1.72. The average molecular weight is 276 g/mol. The van der Waals surface area contributed by atoms with Crippen molar-refractivity contribution < 1.29 is 14.1 Å². The van der Waals surface area contributed by atoms with Crippen molar-refractivity contribution >= 4 is 5.69 Å². The number of nitro groups is 1. The van der Waals surface area contributed by atoms with E-state index in [0.29, 0.717) is 11.1 Å². The van der Waals surface area contributed by atoms with Crippen molar-refractivity contribution in [1.29, 1.82) is 0 Å². The molecule has 2 N–H and O–H groups in total. The first kappa shape index (κ1) is 14.0. The summed E-state index contributed by atoms with van der Waals surface area (Å²) in [5, 5.41) is 10.9. The quantitative estimate of drug-likeness (QED) is 0.672. The molecule has 104 valence electrons. The molecule has 0 fully saturated rings. The third-order valence-corrected chi connectivity index (χ3v) is 2.80. The summed E-state index contributed by atoms with van der Waals surface area (Å²) in [6, 6.07) is 10.5. The first-order valence-corrected chi connectivity index (χ1v) is 5.95. The van der Waals surface area contributed by atoms with Crippen molar-refractivity contribution in [2.45, 2.75) is 13.2 Å². The Balaban J connectivity index is 2.24. The third kappa shape index (κ3) is 3.10. The maximum absolute atomic E-state index is 13.5. The Labute approximate surface area is 114 Å². The molecule has 0 aliphatic rings. The number of rotatable bonds is 5. The van der Waals surface area contributed by atoms with Crippen molar-refractivity contribution in [2.24, 2.45) is 5.73 Å². The molecule has 0 saturated carbocycles. The molecule has 0 bridgehead atoms. The topological polar surface area (TPSA) is 78.4 Å². The second-order valence-electron chi connectivity index (χ2n) is 4.14. The van der Waals surface area contributed by atoms with Crippen molar-refractivity contribution in [3.05, 3.63) is 69.5 Å². The van der Waals surface area contributed by atoms with Gasteiger partial charge in [0.1, 0.15) is 12.4 Å². The van der Waals surface area contributed by atoms with Gasteiger partial charge in [-0.1, -0.05) is 24.3 Å². The van der Waals surface area contributed by atoms with Gasteiger partial charge in [0.05, 0.1) is 4.92 Å². The van der Waals surface area contributed by atoms with E-state index < -0.39 is 10.7 Å². The lowest BCUT2D eigenvalue weighted by atomic mass is 10.2. The molecule has 0 aromatic heterocycles. The highest BCUT2D eigenvalue weighted by atomic mass is 19.1. The molecule has 0 heterocycles. The van der Waals surface area contributed by atoms with Crippen molar-refractivity contribution in [3.63, 3.8) is 0 Å². The largest absolute Gasteiger partial charge is 0.482 e. The number of nitro benzene ring substituents is 1. The van der Waals surface area contributed by atoms with Crippen LogP contribution in [-0.4, -0.2) is 4.92 Å². The molecular weight excluding hydrogens is 263 g/mol. The average Bonchev–Trinajstić information content (AvgIpc) is 2.46. The van der Waals surface area contributed by atoms with Crippen molar-refractivity contribution in [1.82, 2.24) is 0 Å². The second kappa shape index (κ2) is 6.12. The van der Waals surface area contributed by atoms with Gasteiger partial charge in [0.15, 0.2) is 5.75 Å². The van der Waals surface area contributed by atoms with Crippen LogP contribution in [0.4, 0.5) is 10.1 Å². The lowest BCUT2D eigenvalue weighted by Gasteiger charge is -2.09. The van der Waals surface area contributed by atoms with E-state index in [-0.39, 0.29) is 24.6 Å². The fraction of sp³-hybridized carbons (Fsp3) is 0.143. The molecule has 0 radical (unpaired) electrons. The van der Waals surface area contributed by atoms with E-state index in [1.54, 1.807) is 24.3 Å². The summed E-state index contributed by atoms with van der Waals surface area (Å²) in [4.78, 5) is 10.4. The number of halogens is 1. The van der Waals surface area contributed by atoms with Gasteiger partial charge in [-0.05, 0) is 17.7 Å². The Morgan fingerprint density at radius 2 is 2.00 bits per heavy atom. The molecule has 0 aliphatic carbocycles. The van der Waals surface area contributed by atoms with Crippen LogP contribution in [0.5, 0.6) is 5.75 Å². The number of nitrogens with zero attached hydrogens (tertiary/aromatic N) is 1. The van der Waals surface area contributed by atoms with E-state index in [1.165, 1.54) is 18.2 Å². The minimum atomic E-state index is -0.545. The van der Waals surface area contributed by atoms with Crippen LogP contribution >= 0.6 is 0 Å². The molecule has 0 spiro atoms. The summed E-state index contributed by atoms with van der Waals surface area (Å²) < 4.78 is 18.8. The maximum Gasteiger partial charge on any atom is 0.310 e. The summed E-state index contributed by atoms with van der Waals surface area (Å²) in [7, 11) is 0. The molecule has 20 heavy (non-hydrogen) atoms. The van der Waals surface area contributed by atoms with E-state index >= 15 is 0 Å². The fourth-order valence-electron chi connectivity index (χ4n) is 1.72. The predicted molar refractivity (Wildman–Crippen MR) is 71.7 cm³/mol. The van der Waals surface area contributed by atoms with Gasteiger partial charge in [-0.2, -0.15) is 0 Å². The van der Waals surface area contributed by atoms with Gasteiger partial charge in [-0.25, -0.2) is 4.39 Å². The predicted octanol–water partition coefficient (Wildman–Crippen LogP) is 2.77. The van der Waals surface area contributed by atoms with Gasteiger partial charge >= 0.3 is 5.69 Å². The molecule has 0 aliphatic heterocycles. The molecular formula is C14H13FN2O3. The van der Waals surface area contributed by atoms with Crippen molar-refractivity contribution in [3.8, 4) is 5.75 Å². The van der Waals surface area contributed by atoms with Crippen LogP contribution in [0.1, 0.15) is 11.1 Å². The van der Waals surface area contributed by atoms with Crippen LogP contribution in [0.3, 0.4) is 0 Å². The molecule has 0 unspecified atom stereocenters. The maximum atomic E-state index is 13.5. The van der Waals surface area contributed by atoms with E-state index in [4.69, 9.17) is 10.5 Å². The molecule has 2 aromatic carbocycles. The molecule has 0 atom stereocenters. The van der Waals surface area contributed by atoms with Crippen LogP contribution in [0.25, 0.3) is 0 Å². The zero-order valence-electron chi connectivity index (χ0n) is 10.6. The number of ether oxygens (including phenoxy) is 1. The monoisotopic (exact) mass is 276 g/mol. The Kier molecular flexibility index (Phi) is 4.27. The van der Waals surface area contributed by atoms with Crippen LogP contribution in [0.2, 0.25) is 0 Å². The van der Waals surface area contributed by atoms with Gasteiger partial charge in [-0.3, -0.25) is 10.1 Å². The highest BCUT2D eigenvalue weighted by Gasteiger charge is 2.16. The Hall–Kier alpha value is -2.47. The van der Waals surface area contributed by atoms with E-state index in [0.717, 1.165) is 0 Å². The number of hydrogen-bond acceptors (Lipinski definition) is 4. The Morgan fingerprint density at radius 3 is 2.65 bits per heavy atom. The van der Waals surface area contributed by atoms with E-state index in [9.17, 15) is 14.5 Å². The van der Waals surface area contributed by atoms with Gasteiger partial charge in [-0.15, -0.1) is 0 Å². The molecule has 2 rings (SSSR count). The number of benzene rings is 2. The highest BCUT2D eigenvalue weighted by Crippen LogP contribution is 2.28. The number of hydrogen-bond donors (Lipinski definition) is 1. The van der Waals surface area contributed by atoms with Gasteiger partial charge < -0.3 is 10.5 Å². The second-order valence-corrected chi connectivity index (χ2v) is 4.14. The SMILES string of the molecule is NCc1ccc([N+](=O)[O-])c(OCc2ccccc2F)c1. The van der Waals surface area contributed by atoms with Crippen LogP contribution in [0.15, 0.2) is 42.5 Å². The zero-order valence-corrected chi connectivity index (χ0v) is 10.6. The molecule has 6 heteroatoms. The standard InChI is InChI=1S/C14H13FN2O3/c15-12-4-2-1-3-11(12)9-20-14-7-10(8-16)5-6-13(14)17(18)19/h1-7H,8-9,16H2. The van der Waals surface area contributed by atoms with Crippen LogP contribution < -0.4 is 10.5 Å². The summed E-state index contributed by atoms with van der Waals surface area (Å²) in [6.07, 6.45) is 0. The smallest absolute Gasteiger partial charge is 0.310 e. The Morgan fingerprint density at radius 1 is 1.25 bits per heavy atom. The summed E-state index contributed by atoms with van der Waals surface area (Å²) in [6.45, 7) is 0.162. The first-order valence-electron chi connectivity index (χ1n) is 5.95. The minimum Gasteiger partial charge on any atom is -0.482 e. The van der Waals surface area contributed by atoms with Crippen LogP contribution in [-0.2, 0) is 13.2 Å².